The summed E-state index contributed by atoms with van der Waals surface area (Å²) in [6.07, 6.45) is -3.69. The zero-order chi connectivity index (χ0) is 19.9. The van der Waals surface area contributed by atoms with Crippen LogP contribution in [0, 0.1) is 0 Å². The van der Waals surface area contributed by atoms with E-state index in [4.69, 9.17) is 4.74 Å². The maximum absolute atomic E-state index is 12.4. The number of pyridine rings is 1. The van der Waals surface area contributed by atoms with Crippen molar-refractivity contribution in [1.82, 2.24) is 10.3 Å². The Balaban J connectivity index is 1.69. The van der Waals surface area contributed by atoms with E-state index in [9.17, 15) is 22.8 Å². The topological polar surface area (TPSA) is 80.3 Å². The Kier molecular flexibility index (Phi) is 6.75. The summed E-state index contributed by atoms with van der Waals surface area (Å²) >= 11 is 0. The fourth-order valence-corrected chi connectivity index (χ4v) is 2.06. The highest BCUT2D eigenvalue weighted by Crippen LogP contribution is 2.28. The SMILES string of the molecule is CC(=O)c1cccc(OCC(=O)NCCNc2ccc(C(F)(F)F)cn2)c1. The first-order valence-electron chi connectivity index (χ1n) is 8.03. The third-order valence-electron chi connectivity index (χ3n) is 3.45. The summed E-state index contributed by atoms with van der Waals surface area (Å²) in [5, 5.41) is 5.40. The Morgan fingerprint density at radius 1 is 1.15 bits per heavy atom. The summed E-state index contributed by atoms with van der Waals surface area (Å²) in [5.41, 5.74) is -0.339. The van der Waals surface area contributed by atoms with Gasteiger partial charge in [0.2, 0.25) is 0 Å². The number of benzene rings is 1. The zero-order valence-electron chi connectivity index (χ0n) is 14.5. The van der Waals surface area contributed by atoms with Crippen molar-refractivity contribution >= 4 is 17.5 Å². The van der Waals surface area contributed by atoms with E-state index in [0.717, 1.165) is 12.3 Å². The van der Waals surface area contributed by atoms with Gasteiger partial charge >= 0.3 is 6.18 Å². The maximum atomic E-state index is 12.4. The van der Waals surface area contributed by atoms with Gasteiger partial charge in [-0.15, -0.1) is 0 Å². The molecule has 0 aliphatic carbocycles. The van der Waals surface area contributed by atoms with Crippen LogP contribution >= 0.6 is 0 Å². The van der Waals surface area contributed by atoms with Crippen LogP contribution in [0.3, 0.4) is 0 Å². The molecule has 0 unspecified atom stereocenters. The second kappa shape index (κ2) is 9.02. The fraction of sp³-hybridized carbons (Fsp3) is 0.278. The molecule has 1 heterocycles. The normalized spacial score (nSPS) is 11.0. The van der Waals surface area contributed by atoms with Gasteiger partial charge in [-0.1, -0.05) is 12.1 Å². The quantitative estimate of drug-likeness (QED) is 0.543. The molecule has 1 aromatic heterocycles. The standard InChI is InChI=1S/C18H18F3N3O3/c1-12(25)13-3-2-4-15(9-13)27-11-17(26)23-8-7-22-16-6-5-14(10-24-16)18(19,20)21/h2-6,9-10H,7-8,11H2,1H3,(H,22,24)(H,23,26). The van der Waals surface area contributed by atoms with Crippen LogP contribution in [-0.4, -0.2) is 36.4 Å². The number of aromatic nitrogens is 1. The molecule has 2 rings (SSSR count). The lowest BCUT2D eigenvalue weighted by Gasteiger charge is -2.10. The van der Waals surface area contributed by atoms with Crippen LogP contribution in [0.5, 0.6) is 5.75 Å². The molecule has 2 aromatic rings. The molecular formula is C18H18F3N3O3. The molecule has 2 N–H and O–H groups in total. The van der Waals surface area contributed by atoms with Gasteiger partial charge in [0.1, 0.15) is 11.6 Å². The molecule has 0 saturated carbocycles. The molecular weight excluding hydrogens is 363 g/mol. The number of ether oxygens (including phenoxy) is 1. The van der Waals surface area contributed by atoms with Gasteiger partial charge in [0.25, 0.3) is 5.91 Å². The predicted molar refractivity (Wildman–Crippen MR) is 92.7 cm³/mol. The van der Waals surface area contributed by atoms with Crippen molar-refractivity contribution in [3.63, 3.8) is 0 Å². The largest absolute Gasteiger partial charge is 0.484 e. The van der Waals surface area contributed by atoms with Gasteiger partial charge in [-0.05, 0) is 31.2 Å². The van der Waals surface area contributed by atoms with Gasteiger partial charge in [0.15, 0.2) is 12.4 Å². The van der Waals surface area contributed by atoms with Crippen LogP contribution < -0.4 is 15.4 Å². The molecule has 144 valence electrons. The van der Waals surface area contributed by atoms with E-state index in [2.05, 4.69) is 15.6 Å². The molecule has 0 fully saturated rings. The Morgan fingerprint density at radius 3 is 2.56 bits per heavy atom. The third-order valence-corrected chi connectivity index (χ3v) is 3.45. The summed E-state index contributed by atoms with van der Waals surface area (Å²) < 4.78 is 42.6. The molecule has 1 aromatic carbocycles. The van der Waals surface area contributed by atoms with Gasteiger partial charge in [-0.3, -0.25) is 9.59 Å². The van der Waals surface area contributed by atoms with Gasteiger partial charge in [-0.25, -0.2) is 4.98 Å². The van der Waals surface area contributed by atoms with Crippen molar-refractivity contribution in [2.45, 2.75) is 13.1 Å². The number of anilines is 1. The molecule has 9 heteroatoms. The van der Waals surface area contributed by atoms with Gasteiger partial charge in [-0.2, -0.15) is 13.2 Å². The molecule has 6 nitrogen and oxygen atoms in total. The predicted octanol–water partition coefficient (Wildman–Crippen LogP) is 2.91. The van der Waals surface area contributed by atoms with E-state index < -0.39 is 11.7 Å². The molecule has 0 aliphatic heterocycles. The lowest BCUT2D eigenvalue weighted by atomic mass is 10.1. The van der Waals surface area contributed by atoms with Crippen molar-refractivity contribution in [3.05, 3.63) is 53.7 Å². The van der Waals surface area contributed by atoms with E-state index in [0.29, 0.717) is 11.3 Å². The number of hydrogen-bond acceptors (Lipinski definition) is 5. The molecule has 1 amide bonds. The molecule has 0 aliphatic rings. The second-order valence-electron chi connectivity index (χ2n) is 5.58. The summed E-state index contributed by atoms with van der Waals surface area (Å²) in [4.78, 5) is 26.7. The number of carbonyl (C=O) groups is 2. The highest BCUT2D eigenvalue weighted by molar-refractivity contribution is 5.94. The van der Waals surface area contributed by atoms with E-state index in [1.807, 2.05) is 0 Å². The first kappa shape index (κ1) is 20.2. The molecule has 0 spiro atoms. The molecule has 0 atom stereocenters. The minimum absolute atomic E-state index is 0.104. The number of amides is 1. The monoisotopic (exact) mass is 381 g/mol. The average Bonchev–Trinajstić information content (AvgIpc) is 2.63. The number of halogens is 3. The number of Topliss-reactive ketones (excluding diaryl/α,β-unsaturated/α-hetero) is 1. The highest BCUT2D eigenvalue weighted by Gasteiger charge is 2.30. The third kappa shape index (κ3) is 6.61. The first-order chi connectivity index (χ1) is 12.8. The van der Waals surface area contributed by atoms with Crippen LogP contribution in [-0.2, 0) is 11.0 Å². The minimum Gasteiger partial charge on any atom is -0.484 e. The number of nitrogens with zero attached hydrogens (tertiary/aromatic N) is 1. The lowest BCUT2D eigenvalue weighted by molar-refractivity contribution is -0.137. The Bertz CT molecular complexity index is 792. The zero-order valence-corrected chi connectivity index (χ0v) is 14.5. The fourth-order valence-electron chi connectivity index (χ4n) is 2.06. The molecule has 27 heavy (non-hydrogen) atoms. The summed E-state index contributed by atoms with van der Waals surface area (Å²) in [6, 6.07) is 8.64. The summed E-state index contributed by atoms with van der Waals surface area (Å²) in [7, 11) is 0. The summed E-state index contributed by atoms with van der Waals surface area (Å²) in [6.45, 7) is 1.73. The Morgan fingerprint density at radius 2 is 1.93 bits per heavy atom. The Hall–Kier alpha value is -3.10. The number of ketones is 1. The van der Waals surface area contributed by atoms with Crippen LogP contribution in [0.25, 0.3) is 0 Å². The molecule has 0 bridgehead atoms. The van der Waals surface area contributed by atoms with E-state index in [1.165, 1.54) is 13.0 Å². The molecule has 0 radical (unpaired) electrons. The number of alkyl halides is 3. The number of hydrogen-bond donors (Lipinski definition) is 2. The maximum Gasteiger partial charge on any atom is 0.417 e. The van der Waals surface area contributed by atoms with Crippen LogP contribution in [0.1, 0.15) is 22.8 Å². The first-order valence-corrected chi connectivity index (χ1v) is 8.03. The minimum atomic E-state index is -4.43. The van der Waals surface area contributed by atoms with Crippen LogP contribution in [0.15, 0.2) is 42.6 Å². The van der Waals surface area contributed by atoms with Crippen LogP contribution in [0.4, 0.5) is 19.0 Å². The van der Waals surface area contributed by atoms with E-state index >= 15 is 0 Å². The number of nitrogens with one attached hydrogen (secondary N) is 2. The smallest absolute Gasteiger partial charge is 0.417 e. The van der Waals surface area contributed by atoms with Crippen molar-refractivity contribution in [2.75, 3.05) is 25.0 Å². The van der Waals surface area contributed by atoms with Gasteiger partial charge in [0, 0.05) is 24.8 Å². The number of rotatable bonds is 8. The second-order valence-corrected chi connectivity index (χ2v) is 5.58. The van der Waals surface area contributed by atoms with Gasteiger partial charge in [0.05, 0.1) is 5.56 Å². The van der Waals surface area contributed by atoms with Crippen molar-refractivity contribution in [1.29, 1.82) is 0 Å². The van der Waals surface area contributed by atoms with Gasteiger partial charge < -0.3 is 15.4 Å². The lowest BCUT2D eigenvalue weighted by Crippen LogP contribution is -2.32. The summed E-state index contributed by atoms with van der Waals surface area (Å²) in [5.74, 6) is 0.206. The highest BCUT2D eigenvalue weighted by atomic mass is 19.4. The Labute approximate surface area is 153 Å². The van der Waals surface area contributed by atoms with Crippen molar-refractivity contribution in [3.8, 4) is 5.75 Å². The van der Waals surface area contributed by atoms with Crippen molar-refractivity contribution < 1.29 is 27.5 Å². The number of carbonyl (C=O) groups excluding carboxylic acids is 2. The van der Waals surface area contributed by atoms with Crippen molar-refractivity contribution in [2.24, 2.45) is 0 Å². The van der Waals surface area contributed by atoms with E-state index in [-0.39, 0.29) is 37.2 Å². The average molecular weight is 381 g/mol. The van der Waals surface area contributed by atoms with E-state index in [1.54, 1.807) is 24.3 Å². The van der Waals surface area contributed by atoms with Crippen LogP contribution in [0.2, 0.25) is 0 Å². The molecule has 0 saturated heterocycles.